The fourth-order valence-corrected chi connectivity index (χ4v) is 1.07. The van der Waals surface area contributed by atoms with Crippen LogP contribution in [0.4, 0.5) is 0 Å². The Bertz CT molecular complexity index is 199. The SMILES string of the molecule is O=C1O[Si](O)OC2=C1O2. The van der Waals surface area contributed by atoms with E-state index < -0.39 is 15.5 Å². The molecule has 0 saturated carbocycles. The Hall–Kier alpha value is -1.01. The molecule has 2 aliphatic heterocycles. The highest BCUT2D eigenvalue weighted by Gasteiger charge is 2.47. The summed E-state index contributed by atoms with van der Waals surface area (Å²) in [5.41, 5.74) is 0. The van der Waals surface area contributed by atoms with Crippen LogP contribution in [0.15, 0.2) is 11.7 Å². The lowest BCUT2D eigenvalue weighted by Gasteiger charge is -2.02. The maximum atomic E-state index is 10.4. The quantitative estimate of drug-likeness (QED) is 0.431. The molecule has 0 aromatic heterocycles. The normalized spacial score (nSPS) is 23.9. The van der Waals surface area contributed by atoms with Crippen molar-refractivity contribution >= 4 is 15.5 Å². The molecule has 0 saturated heterocycles. The van der Waals surface area contributed by atoms with Crippen LogP contribution < -0.4 is 0 Å². The third kappa shape index (κ3) is 0.602. The summed E-state index contributed by atoms with van der Waals surface area (Å²) in [6.07, 6.45) is 0. The fraction of sp³-hybridized carbons (Fsp3) is 0. The number of carbonyl (C=O) groups excluding carboxylic acids is 1. The lowest BCUT2D eigenvalue weighted by molar-refractivity contribution is -0.133. The average molecular weight is 145 g/mol. The molecule has 6 heteroatoms. The minimum absolute atomic E-state index is 0.0813. The third-order valence-corrected chi connectivity index (χ3v) is 1.60. The van der Waals surface area contributed by atoms with Crippen LogP contribution in [-0.2, 0) is 18.4 Å². The molecule has 0 atom stereocenters. The Kier molecular flexibility index (Phi) is 0.687. The highest BCUT2D eigenvalue weighted by Crippen LogP contribution is 2.32. The van der Waals surface area contributed by atoms with Gasteiger partial charge in [-0.2, -0.15) is 0 Å². The summed E-state index contributed by atoms with van der Waals surface area (Å²) in [7, 11) is -2.38. The molecule has 47 valence electrons. The molecular formula is C3HO5Si. The molecule has 0 aromatic carbocycles. The summed E-state index contributed by atoms with van der Waals surface area (Å²) in [6, 6.07) is 0. The highest BCUT2D eigenvalue weighted by atomic mass is 28.3. The number of rotatable bonds is 0. The van der Waals surface area contributed by atoms with Crippen LogP contribution in [0.5, 0.6) is 0 Å². The van der Waals surface area contributed by atoms with Crippen LogP contribution in [0.2, 0.25) is 0 Å². The van der Waals surface area contributed by atoms with E-state index in [1.165, 1.54) is 0 Å². The van der Waals surface area contributed by atoms with Crippen molar-refractivity contribution in [2.24, 2.45) is 0 Å². The van der Waals surface area contributed by atoms with Crippen LogP contribution in [0, 0.1) is 0 Å². The maximum Gasteiger partial charge on any atom is 0.738 e. The molecule has 0 unspecified atom stereocenters. The Morgan fingerprint density at radius 2 is 2.22 bits per heavy atom. The molecule has 2 heterocycles. The lowest BCUT2D eigenvalue weighted by atomic mass is 10.6. The zero-order valence-corrected chi connectivity index (χ0v) is 5.08. The van der Waals surface area contributed by atoms with Crippen molar-refractivity contribution in [3.63, 3.8) is 0 Å². The second-order valence-electron chi connectivity index (χ2n) is 1.48. The lowest BCUT2D eigenvalue weighted by Crippen LogP contribution is -2.26. The summed E-state index contributed by atoms with van der Waals surface area (Å²) in [4.78, 5) is 19.0. The smallest absolute Gasteiger partial charge is 0.457 e. The molecular weight excluding hydrogens is 144 g/mol. The van der Waals surface area contributed by atoms with E-state index in [1.807, 2.05) is 0 Å². The molecule has 0 fully saturated rings. The van der Waals surface area contributed by atoms with E-state index in [0.29, 0.717) is 0 Å². The molecule has 9 heavy (non-hydrogen) atoms. The first-order valence-electron chi connectivity index (χ1n) is 2.15. The Labute approximate surface area is 51.4 Å². The highest BCUT2D eigenvalue weighted by molar-refractivity contribution is 6.40. The minimum atomic E-state index is -2.38. The number of ether oxygens (including phenoxy) is 1. The first-order chi connectivity index (χ1) is 4.27. The van der Waals surface area contributed by atoms with Gasteiger partial charge in [0, 0.05) is 0 Å². The first-order valence-corrected chi connectivity index (χ1v) is 3.42. The average Bonchev–Trinajstić information content (AvgIpc) is 2.43. The molecule has 1 N–H and O–H groups in total. The van der Waals surface area contributed by atoms with Crippen molar-refractivity contribution in [3.8, 4) is 0 Å². The second kappa shape index (κ2) is 1.28. The van der Waals surface area contributed by atoms with E-state index >= 15 is 0 Å². The van der Waals surface area contributed by atoms with Crippen LogP contribution >= 0.6 is 0 Å². The minimum Gasteiger partial charge on any atom is -0.457 e. The number of hydrogen-bond acceptors (Lipinski definition) is 5. The van der Waals surface area contributed by atoms with Crippen LogP contribution in [0.3, 0.4) is 0 Å². The third-order valence-electron chi connectivity index (χ3n) is 0.884. The van der Waals surface area contributed by atoms with Crippen LogP contribution in [-0.4, -0.2) is 20.3 Å². The molecule has 2 aliphatic rings. The van der Waals surface area contributed by atoms with Gasteiger partial charge in [-0.1, -0.05) is 0 Å². The first kappa shape index (κ1) is 4.83. The van der Waals surface area contributed by atoms with Gasteiger partial charge in [0.25, 0.3) is 5.76 Å². The predicted molar refractivity (Wildman–Crippen MR) is 23.3 cm³/mol. The largest absolute Gasteiger partial charge is 0.738 e. The molecule has 1 radical (unpaired) electrons. The van der Waals surface area contributed by atoms with Gasteiger partial charge in [-0.15, -0.1) is 0 Å². The summed E-state index contributed by atoms with van der Waals surface area (Å²) in [6.45, 7) is 0. The van der Waals surface area contributed by atoms with Gasteiger partial charge in [-0.3, -0.25) is 0 Å². The van der Waals surface area contributed by atoms with Gasteiger partial charge in [0.15, 0.2) is 0 Å². The summed E-state index contributed by atoms with van der Waals surface area (Å²) in [5, 5.41) is 0. The Balaban J connectivity index is 2.23. The zero-order chi connectivity index (χ0) is 6.43. The van der Waals surface area contributed by atoms with Crippen molar-refractivity contribution < 1.29 is 23.2 Å². The van der Waals surface area contributed by atoms with E-state index in [9.17, 15) is 4.79 Å². The fourth-order valence-electron chi connectivity index (χ4n) is 0.485. The van der Waals surface area contributed by atoms with Gasteiger partial charge in [0.05, 0.1) is 0 Å². The Morgan fingerprint density at radius 3 is 2.89 bits per heavy atom. The maximum absolute atomic E-state index is 10.4. The van der Waals surface area contributed by atoms with Gasteiger partial charge in [-0.05, 0) is 0 Å². The molecule has 0 amide bonds. The van der Waals surface area contributed by atoms with E-state index in [1.54, 1.807) is 0 Å². The van der Waals surface area contributed by atoms with Crippen LogP contribution in [0.25, 0.3) is 0 Å². The summed E-state index contributed by atoms with van der Waals surface area (Å²) >= 11 is 0. The van der Waals surface area contributed by atoms with Crippen molar-refractivity contribution in [1.82, 2.24) is 0 Å². The second-order valence-corrected chi connectivity index (χ2v) is 2.42. The zero-order valence-electron chi connectivity index (χ0n) is 4.08. The van der Waals surface area contributed by atoms with E-state index in [4.69, 9.17) is 4.80 Å². The summed E-state index contributed by atoms with van der Waals surface area (Å²) in [5.74, 6) is -0.437. The van der Waals surface area contributed by atoms with Gasteiger partial charge in [0.2, 0.25) is 0 Å². The topological polar surface area (TPSA) is 68.3 Å². The molecule has 0 aliphatic carbocycles. The van der Waals surface area contributed by atoms with Crippen molar-refractivity contribution in [2.75, 3.05) is 0 Å². The van der Waals surface area contributed by atoms with Gasteiger partial charge >= 0.3 is 21.4 Å². The molecule has 0 spiro atoms. The molecule has 0 bridgehead atoms. The van der Waals surface area contributed by atoms with Gasteiger partial charge < -0.3 is 18.4 Å². The van der Waals surface area contributed by atoms with E-state index in [0.717, 1.165) is 0 Å². The predicted octanol–water partition coefficient (Wildman–Crippen LogP) is -1.26. The standard InChI is InChI=1S/C3HO5Si/c4-2-1-3(6-1)8-9(5)7-2/h5H. The molecule has 5 nitrogen and oxygen atoms in total. The van der Waals surface area contributed by atoms with Crippen molar-refractivity contribution in [3.05, 3.63) is 11.7 Å². The van der Waals surface area contributed by atoms with E-state index in [-0.39, 0.29) is 11.7 Å². The van der Waals surface area contributed by atoms with Gasteiger partial charge in [-0.25, -0.2) is 4.79 Å². The Morgan fingerprint density at radius 1 is 1.44 bits per heavy atom. The van der Waals surface area contributed by atoms with E-state index in [2.05, 4.69) is 13.6 Å². The molecule has 2 rings (SSSR count). The van der Waals surface area contributed by atoms with Crippen molar-refractivity contribution in [2.45, 2.75) is 0 Å². The number of carbonyl (C=O) groups is 1. The molecule has 0 aromatic rings. The number of hydrogen-bond donors (Lipinski definition) is 1. The summed E-state index contributed by atoms with van der Waals surface area (Å²) < 4.78 is 13.2. The van der Waals surface area contributed by atoms with Crippen LogP contribution in [0.1, 0.15) is 0 Å². The van der Waals surface area contributed by atoms with Crippen molar-refractivity contribution in [1.29, 1.82) is 0 Å². The van der Waals surface area contributed by atoms with Gasteiger partial charge in [0.1, 0.15) is 0 Å². The monoisotopic (exact) mass is 145 g/mol.